The van der Waals surface area contributed by atoms with Gasteiger partial charge in [0.25, 0.3) is 0 Å². The average Bonchev–Trinajstić information content (AvgIpc) is 2.46. The predicted molar refractivity (Wildman–Crippen MR) is 81.9 cm³/mol. The molecule has 1 aromatic carbocycles. The van der Waals surface area contributed by atoms with Crippen LogP contribution in [0.15, 0.2) is 24.3 Å². The molecule has 2 rings (SSSR count). The fourth-order valence-corrected chi connectivity index (χ4v) is 3.10. The lowest BCUT2D eigenvalue weighted by atomic mass is 9.66. The van der Waals surface area contributed by atoms with Crippen LogP contribution in [0.3, 0.4) is 0 Å². The van der Waals surface area contributed by atoms with E-state index in [1.54, 1.807) is 0 Å². The number of fused-ring (bicyclic) bond motifs is 1. The fourth-order valence-electron chi connectivity index (χ4n) is 3.10. The lowest BCUT2D eigenvalue weighted by Crippen LogP contribution is -2.57. The molecule has 0 aromatic heterocycles. The molecule has 0 bridgehead atoms. The van der Waals surface area contributed by atoms with Crippen LogP contribution in [0.4, 0.5) is 0 Å². The highest BCUT2D eigenvalue weighted by Crippen LogP contribution is 2.43. The molecule has 1 aliphatic rings. The Bertz CT molecular complexity index is 444. The minimum absolute atomic E-state index is 0.380. The molecule has 0 amide bonds. The Balaban J connectivity index is 2.18. The molecule has 0 aliphatic carbocycles. The van der Waals surface area contributed by atoms with Gasteiger partial charge in [-0.05, 0) is 31.4 Å². The Morgan fingerprint density at radius 1 is 1.35 bits per heavy atom. The number of nitrogens with two attached hydrogens (primary N) is 1. The zero-order chi connectivity index (χ0) is 14.6. The van der Waals surface area contributed by atoms with Gasteiger partial charge in [0.2, 0.25) is 0 Å². The second-order valence-electron chi connectivity index (χ2n) is 6.29. The van der Waals surface area contributed by atoms with Crippen molar-refractivity contribution in [1.82, 2.24) is 0 Å². The van der Waals surface area contributed by atoms with E-state index in [4.69, 9.17) is 10.5 Å². The zero-order valence-electron chi connectivity index (χ0n) is 12.7. The third-order valence-electron chi connectivity index (χ3n) is 4.81. The van der Waals surface area contributed by atoms with Crippen molar-refractivity contribution in [3.05, 3.63) is 29.8 Å². The first-order valence-electron chi connectivity index (χ1n) is 7.68. The summed E-state index contributed by atoms with van der Waals surface area (Å²) < 4.78 is 5.88. The molecule has 2 unspecified atom stereocenters. The molecule has 1 aliphatic heterocycles. The summed E-state index contributed by atoms with van der Waals surface area (Å²) in [6.07, 6.45) is 4.91. The van der Waals surface area contributed by atoms with Crippen molar-refractivity contribution in [3.63, 3.8) is 0 Å². The smallest absolute Gasteiger partial charge is 0.122 e. The number of rotatable bonds is 6. The molecule has 0 spiro atoms. The second-order valence-corrected chi connectivity index (χ2v) is 6.29. The topological polar surface area (TPSA) is 55.5 Å². The summed E-state index contributed by atoms with van der Waals surface area (Å²) >= 11 is 0. The molecule has 3 nitrogen and oxygen atoms in total. The molecule has 1 heterocycles. The van der Waals surface area contributed by atoms with Gasteiger partial charge in [-0.3, -0.25) is 0 Å². The van der Waals surface area contributed by atoms with Gasteiger partial charge in [-0.25, -0.2) is 0 Å². The summed E-state index contributed by atoms with van der Waals surface area (Å²) in [5, 5.41) is 11.0. The summed E-state index contributed by atoms with van der Waals surface area (Å²) in [6, 6.07) is 8.05. The first kappa shape index (κ1) is 15.3. The normalized spacial score (nSPS) is 24.6. The predicted octanol–water partition coefficient (Wildman–Crippen LogP) is 2.90. The van der Waals surface area contributed by atoms with E-state index in [1.807, 2.05) is 25.1 Å². The van der Waals surface area contributed by atoms with Crippen molar-refractivity contribution in [2.45, 2.75) is 51.6 Å². The number of hydrogen-bond acceptors (Lipinski definition) is 3. The maximum Gasteiger partial charge on any atom is 0.122 e. The van der Waals surface area contributed by atoms with Crippen molar-refractivity contribution in [2.75, 3.05) is 13.2 Å². The Morgan fingerprint density at radius 3 is 2.80 bits per heavy atom. The van der Waals surface area contributed by atoms with Gasteiger partial charge in [0, 0.05) is 12.0 Å². The van der Waals surface area contributed by atoms with Crippen LogP contribution < -0.4 is 10.5 Å². The molecule has 3 heteroatoms. The van der Waals surface area contributed by atoms with Crippen LogP contribution in [0, 0.1) is 5.41 Å². The van der Waals surface area contributed by atoms with Crippen LogP contribution in [0.1, 0.15) is 45.1 Å². The minimum Gasteiger partial charge on any atom is -0.493 e. The second kappa shape index (κ2) is 6.15. The Labute approximate surface area is 122 Å². The van der Waals surface area contributed by atoms with Crippen LogP contribution in [0.25, 0.3) is 0 Å². The number of aliphatic hydroxyl groups is 1. The SMILES string of the molecule is CCCCCC(C)(O)C1(CN)COc2ccccc2C1. The monoisotopic (exact) mass is 277 g/mol. The van der Waals surface area contributed by atoms with Gasteiger partial charge >= 0.3 is 0 Å². The van der Waals surface area contributed by atoms with Gasteiger partial charge < -0.3 is 15.6 Å². The molecule has 3 N–H and O–H groups in total. The molecule has 0 saturated heterocycles. The van der Waals surface area contributed by atoms with Crippen molar-refractivity contribution in [3.8, 4) is 5.75 Å². The van der Waals surface area contributed by atoms with Gasteiger partial charge in [0.15, 0.2) is 0 Å². The number of hydrogen-bond donors (Lipinski definition) is 2. The van der Waals surface area contributed by atoms with Gasteiger partial charge in [0.05, 0.1) is 12.2 Å². The van der Waals surface area contributed by atoms with Gasteiger partial charge in [0.1, 0.15) is 5.75 Å². The van der Waals surface area contributed by atoms with Crippen molar-refractivity contribution >= 4 is 0 Å². The molecular weight excluding hydrogens is 250 g/mol. The summed E-state index contributed by atoms with van der Waals surface area (Å²) in [7, 11) is 0. The summed E-state index contributed by atoms with van der Waals surface area (Å²) in [4.78, 5) is 0. The van der Waals surface area contributed by atoms with Crippen molar-refractivity contribution in [2.24, 2.45) is 11.1 Å². The van der Waals surface area contributed by atoms with Crippen molar-refractivity contribution < 1.29 is 9.84 Å². The van der Waals surface area contributed by atoms with E-state index in [9.17, 15) is 5.11 Å². The minimum atomic E-state index is -0.787. The molecule has 2 atom stereocenters. The Hall–Kier alpha value is -1.06. The molecule has 20 heavy (non-hydrogen) atoms. The Morgan fingerprint density at radius 2 is 2.10 bits per heavy atom. The Kier molecular flexibility index (Phi) is 4.71. The number of benzene rings is 1. The van der Waals surface area contributed by atoms with E-state index in [2.05, 4.69) is 13.0 Å². The first-order valence-corrected chi connectivity index (χ1v) is 7.68. The largest absolute Gasteiger partial charge is 0.493 e. The molecular formula is C17H27NO2. The highest BCUT2D eigenvalue weighted by molar-refractivity contribution is 5.37. The molecule has 0 saturated carbocycles. The number of para-hydroxylation sites is 1. The summed E-state index contributed by atoms with van der Waals surface area (Å²) in [5.41, 5.74) is 6.03. The number of ether oxygens (including phenoxy) is 1. The third kappa shape index (κ3) is 2.84. The van der Waals surface area contributed by atoms with E-state index in [1.165, 1.54) is 0 Å². The van der Waals surface area contributed by atoms with E-state index in [-0.39, 0.29) is 5.41 Å². The molecule has 0 fully saturated rings. The summed E-state index contributed by atoms with van der Waals surface area (Å²) in [6.45, 7) is 5.04. The molecule has 0 radical (unpaired) electrons. The first-order chi connectivity index (χ1) is 9.54. The maximum atomic E-state index is 11.0. The molecule has 1 aromatic rings. The van der Waals surface area contributed by atoms with E-state index >= 15 is 0 Å². The van der Waals surface area contributed by atoms with Crippen LogP contribution in [-0.2, 0) is 6.42 Å². The van der Waals surface area contributed by atoms with Gasteiger partial charge in [-0.1, -0.05) is 44.4 Å². The van der Waals surface area contributed by atoms with E-state index in [0.717, 1.165) is 43.4 Å². The standard InChI is InChI=1S/C17H27NO2/c1-3-4-7-10-16(2,19)17(12-18)11-14-8-5-6-9-15(14)20-13-17/h5-6,8-9,19H,3-4,7,10-13,18H2,1-2H3. The van der Waals surface area contributed by atoms with Crippen LogP contribution in [-0.4, -0.2) is 23.9 Å². The third-order valence-corrected chi connectivity index (χ3v) is 4.81. The van der Waals surface area contributed by atoms with Crippen molar-refractivity contribution in [1.29, 1.82) is 0 Å². The average molecular weight is 277 g/mol. The fraction of sp³-hybridized carbons (Fsp3) is 0.647. The maximum absolute atomic E-state index is 11.0. The molecule has 112 valence electrons. The highest BCUT2D eigenvalue weighted by Gasteiger charge is 2.48. The van der Waals surface area contributed by atoms with Crippen LogP contribution >= 0.6 is 0 Å². The summed E-state index contributed by atoms with van der Waals surface area (Å²) in [5.74, 6) is 0.931. The zero-order valence-corrected chi connectivity index (χ0v) is 12.7. The highest BCUT2D eigenvalue weighted by atomic mass is 16.5. The van der Waals surface area contributed by atoms with Crippen LogP contribution in [0.5, 0.6) is 5.75 Å². The van der Waals surface area contributed by atoms with Gasteiger partial charge in [-0.2, -0.15) is 0 Å². The lowest BCUT2D eigenvalue weighted by molar-refractivity contribution is -0.1000. The number of unbranched alkanes of at least 4 members (excludes halogenated alkanes) is 2. The van der Waals surface area contributed by atoms with Crippen LogP contribution in [0.2, 0.25) is 0 Å². The lowest BCUT2D eigenvalue weighted by Gasteiger charge is -2.47. The van der Waals surface area contributed by atoms with E-state index in [0.29, 0.717) is 13.2 Å². The van der Waals surface area contributed by atoms with E-state index < -0.39 is 5.60 Å². The quantitative estimate of drug-likeness (QED) is 0.786. The van der Waals surface area contributed by atoms with Gasteiger partial charge in [-0.15, -0.1) is 0 Å².